The van der Waals surface area contributed by atoms with Crippen LogP contribution in [-0.4, -0.2) is 46.9 Å². The Hall–Kier alpha value is -1.54. The van der Waals surface area contributed by atoms with Crippen LogP contribution in [0.25, 0.3) is 10.4 Å². The zero-order valence-electron chi connectivity index (χ0n) is 14.1. The molecule has 0 saturated carbocycles. The Balaban J connectivity index is 1.33. The predicted octanol–water partition coefficient (Wildman–Crippen LogP) is 4.59. The maximum absolute atomic E-state index is 12.4. The van der Waals surface area contributed by atoms with Crippen LogP contribution in [0.15, 0.2) is 51.8 Å². The maximum atomic E-state index is 12.4. The summed E-state index contributed by atoms with van der Waals surface area (Å²) < 4.78 is 1.10. The fourth-order valence-electron chi connectivity index (χ4n) is 3.04. The van der Waals surface area contributed by atoms with Gasteiger partial charge < -0.3 is 4.90 Å². The van der Waals surface area contributed by atoms with Crippen molar-refractivity contribution in [2.75, 3.05) is 26.2 Å². The highest BCUT2D eigenvalue weighted by atomic mass is 79.9. The number of nitrogens with zero attached hydrogens (tertiary/aromatic N) is 3. The van der Waals surface area contributed by atoms with E-state index in [4.69, 9.17) is 0 Å². The number of benzene rings is 1. The van der Waals surface area contributed by atoms with Crippen molar-refractivity contribution in [3.05, 3.63) is 62.3 Å². The van der Waals surface area contributed by atoms with Crippen LogP contribution in [0.5, 0.6) is 0 Å². The number of amides is 1. The monoisotopic (exact) mass is 447 g/mol. The van der Waals surface area contributed by atoms with Gasteiger partial charge in [-0.3, -0.25) is 9.69 Å². The lowest BCUT2D eigenvalue weighted by Gasteiger charge is -2.34. The Bertz CT molecular complexity index is 869. The Kier molecular flexibility index (Phi) is 5.49. The summed E-state index contributed by atoms with van der Waals surface area (Å²) in [5.41, 5.74) is 3.53. The third kappa shape index (κ3) is 4.06. The van der Waals surface area contributed by atoms with E-state index in [0.29, 0.717) is 5.69 Å². The zero-order valence-corrected chi connectivity index (χ0v) is 17.3. The lowest BCUT2D eigenvalue weighted by molar-refractivity contribution is 0.0624. The van der Waals surface area contributed by atoms with Gasteiger partial charge in [0, 0.05) is 52.3 Å². The highest BCUT2D eigenvalue weighted by molar-refractivity contribution is 9.10. The minimum absolute atomic E-state index is 0.0551. The molecule has 3 aromatic rings. The van der Waals surface area contributed by atoms with Gasteiger partial charge in [0.15, 0.2) is 0 Å². The molecule has 134 valence electrons. The van der Waals surface area contributed by atoms with E-state index in [1.165, 1.54) is 26.7 Å². The van der Waals surface area contributed by atoms with Crippen LogP contribution in [0.2, 0.25) is 0 Å². The fourth-order valence-corrected chi connectivity index (χ4v) is 4.89. The number of thiazole rings is 1. The summed E-state index contributed by atoms with van der Waals surface area (Å²) in [5, 5.41) is 1.82. The van der Waals surface area contributed by atoms with Crippen molar-refractivity contribution in [2.24, 2.45) is 0 Å². The van der Waals surface area contributed by atoms with Gasteiger partial charge in [0.2, 0.25) is 0 Å². The van der Waals surface area contributed by atoms with Crippen LogP contribution in [0.3, 0.4) is 0 Å². The van der Waals surface area contributed by atoms with E-state index in [1.807, 2.05) is 21.6 Å². The zero-order chi connectivity index (χ0) is 17.9. The Morgan fingerprint density at radius 2 is 1.85 bits per heavy atom. The van der Waals surface area contributed by atoms with Crippen molar-refractivity contribution in [1.29, 1.82) is 0 Å². The smallest absolute Gasteiger partial charge is 0.273 e. The summed E-state index contributed by atoms with van der Waals surface area (Å²) in [6.07, 6.45) is 0. The highest BCUT2D eigenvalue weighted by Crippen LogP contribution is 2.30. The Morgan fingerprint density at radius 3 is 2.54 bits per heavy atom. The van der Waals surface area contributed by atoms with Crippen molar-refractivity contribution in [2.45, 2.75) is 6.54 Å². The second-order valence-electron chi connectivity index (χ2n) is 6.21. The maximum Gasteiger partial charge on any atom is 0.273 e. The van der Waals surface area contributed by atoms with Crippen molar-refractivity contribution in [1.82, 2.24) is 14.8 Å². The molecule has 0 N–H and O–H groups in total. The number of rotatable bonds is 4. The largest absolute Gasteiger partial charge is 0.335 e. The van der Waals surface area contributed by atoms with Crippen LogP contribution in [0, 0.1) is 0 Å². The van der Waals surface area contributed by atoms with Crippen LogP contribution >= 0.6 is 38.6 Å². The summed E-state index contributed by atoms with van der Waals surface area (Å²) in [6, 6.07) is 12.9. The van der Waals surface area contributed by atoms with Crippen molar-refractivity contribution in [3.63, 3.8) is 0 Å². The van der Waals surface area contributed by atoms with Crippen molar-refractivity contribution >= 4 is 44.5 Å². The van der Waals surface area contributed by atoms with E-state index in [9.17, 15) is 4.79 Å². The van der Waals surface area contributed by atoms with E-state index in [0.717, 1.165) is 37.2 Å². The molecule has 1 fully saturated rings. The first-order valence-corrected chi connectivity index (χ1v) is 11.0. The Labute approximate surface area is 169 Å². The minimum atomic E-state index is 0.0551. The fraction of sp³-hybridized carbons (Fsp3) is 0.263. The van der Waals surface area contributed by atoms with Gasteiger partial charge in [-0.05, 0) is 29.8 Å². The lowest BCUT2D eigenvalue weighted by atomic mass is 10.2. The standard InChI is InChI=1S/C19H18BrN3OS2/c20-15-3-1-14(2-4-15)18-6-5-16(26-18)11-22-7-9-23(10-8-22)19(24)17-12-25-13-21-17/h1-6,12-13H,7-11H2. The number of piperazine rings is 1. The van der Waals surface area contributed by atoms with Gasteiger partial charge in [0.05, 0.1) is 5.51 Å². The van der Waals surface area contributed by atoms with E-state index in [2.05, 4.69) is 62.2 Å². The lowest BCUT2D eigenvalue weighted by Crippen LogP contribution is -2.48. The number of halogens is 1. The summed E-state index contributed by atoms with van der Waals surface area (Å²) in [5.74, 6) is 0.0551. The first-order valence-electron chi connectivity index (χ1n) is 8.43. The van der Waals surface area contributed by atoms with Gasteiger partial charge in [-0.15, -0.1) is 22.7 Å². The number of thiophene rings is 1. The van der Waals surface area contributed by atoms with E-state index in [-0.39, 0.29) is 5.91 Å². The molecule has 7 heteroatoms. The normalized spacial score (nSPS) is 15.3. The molecule has 2 aromatic heterocycles. The summed E-state index contributed by atoms with van der Waals surface area (Å²) in [7, 11) is 0. The van der Waals surface area contributed by atoms with Crippen molar-refractivity contribution < 1.29 is 4.79 Å². The van der Waals surface area contributed by atoms with E-state index >= 15 is 0 Å². The number of hydrogen-bond acceptors (Lipinski definition) is 5. The highest BCUT2D eigenvalue weighted by Gasteiger charge is 2.23. The molecule has 26 heavy (non-hydrogen) atoms. The van der Waals surface area contributed by atoms with Gasteiger partial charge >= 0.3 is 0 Å². The second-order valence-corrected chi connectivity index (χ2v) is 9.02. The summed E-state index contributed by atoms with van der Waals surface area (Å²) in [6.45, 7) is 4.28. The van der Waals surface area contributed by atoms with Gasteiger partial charge in [-0.25, -0.2) is 4.98 Å². The molecule has 0 unspecified atom stereocenters. The van der Waals surface area contributed by atoms with Gasteiger partial charge in [0.1, 0.15) is 5.69 Å². The predicted molar refractivity (Wildman–Crippen MR) is 111 cm³/mol. The number of aromatic nitrogens is 1. The van der Waals surface area contributed by atoms with Gasteiger partial charge in [-0.2, -0.15) is 0 Å². The van der Waals surface area contributed by atoms with Gasteiger partial charge in [-0.1, -0.05) is 28.1 Å². The number of carbonyl (C=O) groups is 1. The molecule has 0 spiro atoms. The number of hydrogen-bond donors (Lipinski definition) is 0. The second kappa shape index (κ2) is 8.00. The van der Waals surface area contributed by atoms with Crippen LogP contribution in [-0.2, 0) is 6.54 Å². The third-order valence-corrected chi connectivity index (χ3v) is 6.71. The molecule has 1 amide bonds. The molecular formula is C19H18BrN3OS2. The Morgan fingerprint density at radius 1 is 1.08 bits per heavy atom. The molecule has 3 heterocycles. The van der Waals surface area contributed by atoms with Crippen LogP contribution in [0.1, 0.15) is 15.4 Å². The van der Waals surface area contributed by atoms with Crippen molar-refractivity contribution in [3.8, 4) is 10.4 Å². The molecule has 1 aromatic carbocycles. The molecule has 1 aliphatic rings. The molecule has 0 bridgehead atoms. The average molecular weight is 448 g/mol. The summed E-state index contributed by atoms with van der Waals surface area (Å²) in [4.78, 5) is 23.5. The third-order valence-electron chi connectivity index (χ3n) is 4.48. The molecule has 4 rings (SSSR count). The molecule has 1 saturated heterocycles. The molecule has 4 nitrogen and oxygen atoms in total. The van der Waals surface area contributed by atoms with Crippen LogP contribution < -0.4 is 0 Å². The average Bonchev–Trinajstić information content (AvgIpc) is 3.35. The first-order chi connectivity index (χ1) is 12.7. The molecular weight excluding hydrogens is 430 g/mol. The molecule has 0 radical (unpaired) electrons. The van der Waals surface area contributed by atoms with Gasteiger partial charge in [0.25, 0.3) is 5.91 Å². The first kappa shape index (κ1) is 17.9. The number of carbonyl (C=O) groups excluding carboxylic acids is 1. The minimum Gasteiger partial charge on any atom is -0.335 e. The topological polar surface area (TPSA) is 36.4 Å². The van der Waals surface area contributed by atoms with E-state index < -0.39 is 0 Å². The van der Waals surface area contributed by atoms with E-state index in [1.54, 1.807) is 5.51 Å². The quantitative estimate of drug-likeness (QED) is 0.586. The summed E-state index contributed by atoms with van der Waals surface area (Å²) >= 11 is 6.79. The molecule has 1 aliphatic heterocycles. The van der Waals surface area contributed by atoms with Crippen LogP contribution in [0.4, 0.5) is 0 Å². The molecule has 0 atom stereocenters. The SMILES string of the molecule is O=C(c1cscn1)N1CCN(Cc2ccc(-c3ccc(Br)cc3)s2)CC1. The molecule has 0 aliphatic carbocycles.